The van der Waals surface area contributed by atoms with Gasteiger partial charge in [-0.25, -0.2) is 0 Å². The molecule has 142 valence electrons. The highest BCUT2D eigenvalue weighted by Gasteiger charge is 2.51. The van der Waals surface area contributed by atoms with Crippen LogP contribution < -0.4 is 0 Å². The van der Waals surface area contributed by atoms with E-state index in [1.165, 1.54) is 6.20 Å². The Balaban J connectivity index is 1.25. The molecule has 0 radical (unpaired) electrons. The predicted octanol–water partition coefficient (Wildman–Crippen LogP) is 1.58. The van der Waals surface area contributed by atoms with E-state index in [-0.39, 0.29) is 29.3 Å². The molecule has 7 nitrogen and oxygen atoms in total. The summed E-state index contributed by atoms with van der Waals surface area (Å²) >= 11 is 1.87. The second-order valence-electron chi connectivity index (χ2n) is 7.40. The van der Waals surface area contributed by atoms with Crippen LogP contribution in [0.4, 0.5) is 0 Å². The van der Waals surface area contributed by atoms with E-state index in [9.17, 15) is 9.59 Å². The molecule has 1 aromatic heterocycles. The summed E-state index contributed by atoms with van der Waals surface area (Å²) in [4.78, 5) is 28.4. The van der Waals surface area contributed by atoms with E-state index in [1.54, 1.807) is 0 Å². The largest absolute Gasteiger partial charge is 0.367 e. The number of likely N-dealkylation sites (tertiary alicyclic amines) is 2. The van der Waals surface area contributed by atoms with Gasteiger partial charge in [0, 0.05) is 38.4 Å². The summed E-state index contributed by atoms with van der Waals surface area (Å²) in [6.45, 7) is 5.32. The van der Waals surface area contributed by atoms with Crippen LogP contribution in [0.1, 0.15) is 42.3 Å². The van der Waals surface area contributed by atoms with Crippen LogP contribution in [0.3, 0.4) is 0 Å². The molecule has 3 fully saturated rings. The SMILES string of the molecule is CCc1oncc1C(=O)N1CC2(C[C@H](OCC(=O)N3CCCC3)CS2)C1. The van der Waals surface area contributed by atoms with Gasteiger partial charge in [0.05, 0.1) is 17.0 Å². The maximum Gasteiger partial charge on any atom is 0.259 e. The Morgan fingerprint density at radius 2 is 2.12 bits per heavy atom. The van der Waals surface area contributed by atoms with Crippen LogP contribution in [-0.2, 0) is 16.0 Å². The van der Waals surface area contributed by atoms with E-state index in [4.69, 9.17) is 9.26 Å². The van der Waals surface area contributed by atoms with Crippen molar-refractivity contribution in [3.63, 3.8) is 0 Å². The Morgan fingerprint density at radius 1 is 1.35 bits per heavy atom. The molecule has 1 aromatic rings. The lowest BCUT2D eigenvalue weighted by Gasteiger charge is -2.47. The van der Waals surface area contributed by atoms with E-state index in [0.29, 0.717) is 17.7 Å². The summed E-state index contributed by atoms with van der Waals surface area (Å²) in [5.74, 6) is 1.65. The summed E-state index contributed by atoms with van der Waals surface area (Å²) < 4.78 is 11.1. The number of rotatable bonds is 5. The van der Waals surface area contributed by atoms with Crippen LogP contribution in [0.25, 0.3) is 0 Å². The summed E-state index contributed by atoms with van der Waals surface area (Å²) in [6, 6.07) is 0. The van der Waals surface area contributed by atoms with E-state index >= 15 is 0 Å². The fourth-order valence-electron chi connectivity index (χ4n) is 4.03. The Hall–Kier alpha value is -1.54. The average Bonchev–Trinajstić information content (AvgIpc) is 3.37. The Labute approximate surface area is 157 Å². The molecular formula is C18H25N3O4S. The number of hydrogen-bond donors (Lipinski definition) is 0. The number of carbonyl (C=O) groups is 2. The molecule has 2 amide bonds. The van der Waals surface area contributed by atoms with Crippen molar-refractivity contribution in [2.75, 3.05) is 38.5 Å². The minimum absolute atomic E-state index is 0.00269. The van der Waals surface area contributed by atoms with Gasteiger partial charge >= 0.3 is 0 Å². The molecular weight excluding hydrogens is 354 g/mol. The molecule has 4 rings (SSSR count). The fraction of sp³-hybridized carbons (Fsp3) is 0.722. The maximum absolute atomic E-state index is 12.6. The summed E-state index contributed by atoms with van der Waals surface area (Å²) in [6.07, 6.45) is 5.39. The molecule has 8 heteroatoms. The molecule has 1 spiro atoms. The first kappa shape index (κ1) is 17.9. The molecule has 0 aromatic carbocycles. The zero-order valence-electron chi connectivity index (χ0n) is 15.1. The number of amides is 2. The van der Waals surface area contributed by atoms with Crippen molar-refractivity contribution < 1.29 is 18.8 Å². The number of aryl methyl sites for hydroxylation is 1. The molecule has 0 bridgehead atoms. The highest BCUT2D eigenvalue weighted by molar-refractivity contribution is 8.01. The third kappa shape index (κ3) is 3.36. The molecule has 3 aliphatic rings. The van der Waals surface area contributed by atoms with Crippen LogP contribution in [0.15, 0.2) is 10.7 Å². The second kappa shape index (κ2) is 7.23. The van der Waals surface area contributed by atoms with Crippen LogP contribution in [0.5, 0.6) is 0 Å². The van der Waals surface area contributed by atoms with Gasteiger partial charge in [-0.2, -0.15) is 0 Å². The quantitative estimate of drug-likeness (QED) is 0.773. The van der Waals surface area contributed by atoms with Gasteiger partial charge in [0.15, 0.2) is 0 Å². The van der Waals surface area contributed by atoms with E-state index in [1.807, 2.05) is 28.5 Å². The van der Waals surface area contributed by atoms with Gasteiger partial charge < -0.3 is 19.1 Å². The summed E-state index contributed by atoms with van der Waals surface area (Å²) in [7, 11) is 0. The van der Waals surface area contributed by atoms with Gasteiger partial charge in [-0.05, 0) is 19.3 Å². The number of ether oxygens (including phenoxy) is 1. The van der Waals surface area contributed by atoms with Crippen molar-refractivity contribution in [3.05, 3.63) is 17.5 Å². The number of nitrogens with zero attached hydrogens (tertiary/aromatic N) is 3. The molecule has 0 N–H and O–H groups in total. The van der Waals surface area contributed by atoms with Gasteiger partial charge in [0.25, 0.3) is 5.91 Å². The normalized spacial score (nSPS) is 24.3. The highest BCUT2D eigenvalue weighted by Crippen LogP contribution is 2.46. The first-order valence-electron chi connectivity index (χ1n) is 9.36. The Morgan fingerprint density at radius 3 is 2.85 bits per heavy atom. The third-order valence-electron chi connectivity index (χ3n) is 5.52. The molecule has 0 unspecified atom stereocenters. The third-order valence-corrected chi connectivity index (χ3v) is 7.09. The summed E-state index contributed by atoms with van der Waals surface area (Å²) in [5, 5.41) is 3.75. The molecule has 4 heterocycles. The topological polar surface area (TPSA) is 75.9 Å². The molecule has 26 heavy (non-hydrogen) atoms. The van der Waals surface area contributed by atoms with Crippen molar-refractivity contribution in [1.82, 2.24) is 15.0 Å². The lowest BCUT2D eigenvalue weighted by molar-refractivity contribution is -0.136. The fourth-order valence-corrected chi connectivity index (χ4v) is 5.59. The monoisotopic (exact) mass is 379 g/mol. The van der Waals surface area contributed by atoms with Crippen LogP contribution in [-0.4, -0.2) is 76.2 Å². The highest BCUT2D eigenvalue weighted by atomic mass is 32.2. The van der Waals surface area contributed by atoms with Gasteiger partial charge in [-0.1, -0.05) is 12.1 Å². The number of hydrogen-bond acceptors (Lipinski definition) is 6. The first-order chi connectivity index (χ1) is 12.6. The average molecular weight is 379 g/mol. The maximum atomic E-state index is 12.6. The van der Waals surface area contributed by atoms with Crippen molar-refractivity contribution in [3.8, 4) is 0 Å². The standard InChI is InChI=1S/C18H25N3O4S/c1-2-15-14(8-19-25-15)17(23)21-11-18(12-21)7-13(10-26-18)24-9-16(22)20-5-3-4-6-20/h8,13H,2-7,9-12H2,1H3/t13-/m0/s1. The Bertz CT molecular complexity index is 680. The lowest BCUT2D eigenvalue weighted by Crippen LogP contribution is -2.60. The van der Waals surface area contributed by atoms with E-state index in [0.717, 1.165) is 51.2 Å². The number of carbonyl (C=O) groups excluding carboxylic acids is 2. The second-order valence-corrected chi connectivity index (χ2v) is 8.88. The van der Waals surface area contributed by atoms with Gasteiger partial charge in [-0.15, -0.1) is 11.8 Å². The van der Waals surface area contributed by atoms with Crippen molar-refractivity contribution in [2.24, 2.45) is 0 Å². The number of thioether (sulfide) groups is 1. The molecule has 0 aliphatic carbocycles. The smallest absolute Gasteiger partial charge is 0.259 e. The van der Waals surface area contributed by atoms with Crippen LogP contribution in [0, 0.1) is 0 Å². The van der Waals surface area contributed by atoms with Crippen molar-refractivity contribution in [1.29, 1.82) is 0 Å². The van der Waals surface area contributed by atoms with Crippen LogP contribution in [0.2, 0.25) is 0 Å². The van der Waals surface area contributed by atoms with Gasteiger partial charge in [0.1, 0.15) is 17.9 Å². The lowest BCUT2D eigenvalue weighted by atomic mass is 9.92. The minimum atomic E-state index is 0.00269. The number of aromatic nitrogens is 1. The first-order valence-corrected chi connectivity index (χ1v) is 10.3. The van der Waals surface area contributed by atoms with Gasteiger partial charge in [0.2, 0.25) is 5.91 Å². The summed E-state index contributed by atoms with van der Waals surface area (Å²) in [5.41, 5.74) is 0.578. The predicted molar refractivity (Wildman–Crippen MR) is 97.1 cm³/mol. The van der Waals surface area contributed by atoms with Crippen molar-refractivity contribution >= 4 is 23.6 Å². The minimum Gasteiger partial charge on any atom is -0.367 e. The van der Waals surface area contributed by atoms with Crippen molar-refractivity contribution in [2.45, 2.75) is 43.5 Å². The zero-order chi connectivity index (χ0) is 18.1. The molecule has 3 saturated heterocycles. The molecule has 0 saturated carbocycles. The molecule has 3 aliphatic heterocycles. The van der Waals surface area contributed by atoms with E-state index in [2.05, 4.69) is 5.16 Å². The molecule has 1 atom stereocenters. The Kier molecular flexibility index (Phi) is 4.96. The van der Waals surface area contributed by atoms with Crippen LogP contribution >= 0.6 is 11.8 Å². The van der Waals surface area contributed by atoms with E-state index < -0.39 is 0 Å². The van der Waals surface area contributed by atoms with Gasteiger partial charge in [-0.3, -0.25) is 9.59 Å². The zero-order valence-corrected chi connectivity index (χ0v) is 15.9.